The Balaban J connectivity index is 1.25. The van der Waals surface area contributed by atoms with Gasteiger partial charge in [0, 0.05) is 32.8 Å². The summed E-state index contributed by atoms with van der Waals surface area (Å²) in [5.74, 6) is 0.811. The summed E-state index contributed by atoms with van der Waals surface area (Å²) in [5.41, 5.74) is 11.6. The number of hydrogen-bond acceptors (Lipinski definition) is 2. The van der Waals surface area contributed by atoms with Crippen molar-refractivity contribution in [2.45, 2.75) is 0 Å². The summed E-state index contributed by atoms with van der Waals surface area (Å²) >= 11 is 0. The van der Waals surface area contributed by atoms with Gasteiger partial charge >= 0.3 is 0 Å². The van der Waals surface area contributed by atoms with Crippen LogP contribution < -0.4 is 0 Å². The van der Waals surface area contributed by atoms with Crippen LogP contribution in [0.25, 0.3) is 99.3 Å². The molecule has 0 unspecified atom stereocenters. The molecule has 3 aromatic heterocycles. The molecule has 11 aromatic rings. The van der Waals surface area contributed by atoms with E-state index in [2.05, 4.69) is 161 Å². The van der Waals surface area contributed by atoms with Crippen molar-refractivity contribution in [3.63, 3.8) is 0 Å². The molecule has 0 aliphatic rings. The molecule has 0 bridgehead atoms. The summed E-state index contributed by atoms with van der Waals surface area (Å²) in [5, 5.41) is 7.37. The lowest BCUT2D eigenvalue weighted by atomic mass is 10.0. The van der Waals surface area contributed by atoms with Crippen molar-refractivity contribution >= 4 is 65.4 Å². The van der Waals surface area contributed by atoms with Gasteiger partial charge in [-0.2, -0.15) is 0 Å². The summed E-state index contributed by atoms with van der Waals surface area (Å²) < 4.78 is 4.74. The van der Waals surface area contributed by atoms with E-state index < -0.39 is 0 Å². The van der Waals surface area contributed by atoms with Crippen LogP contribution >= 0.6 is 0 Å². The van der Waals surface area contributed by atoms with Gasteiger partial charge in [0.25, 0.3) is 0 Å². The standard InChI is InChI=1S/C48H30N4/c1-3-13-31(14-4-1)34-23-26-37-39-30-35(51-42-22-12-9-19-38(42)46-36-18-8-7-15-32(36)24-27-44(46)51)25-28-43(39)52(45(37)29-34)48-47(33-16-5-2-6-17-33)49-40-20-10-11-21-41(40)50-48/h1-30H. The van der Waals surface area contributed by atoms with E-state index in [1.54, 1.807) is 0 Å². The number of aromatic nitrogens is 4. The fourth-order valence-corrected chi connectivity index (χ4v) is 8.14. The quantitative estimate of drug-likeness (QED) is 0.188. The Morgan fingerprint density at radius 3 is 1.83 bits per heavy atom. The molecule has 0 aliphatic heterocycles. The van der Waals surface area contributed by atoms with E-state index >= 15 is 0 Å². The molecule has 0 N–H and O–H groups in total. The molecule has 52 heavy (non-hydrogen) atoms. The van der Waals surface area contributed by atoms with Crippen LogP contribution in [0.2, 0.25) is 0 Å². The van der Waals surface area contributed by atoms with Crippen LogP contribution in [0.15, 0.2) is 182 Å². The van der Waals surface area contributed by atoms with Crippen LogP contribution in [0.5, 0.6) is 0 Å². The van der Waals surface area contributed by atoms with Crippen molar-refractivity contribution < 1.29 is 0 Å². The van der Waals surface area contributed by atoms with E-state index in [-0.39, 0.29) is 0 Å². The Hall–Kier alpha value is -7.04. The maximum Gasteiger partial charge on any atom is 0.165 e. The van der Waals surface area contributed by atoms with Crippen molar-refractivity contribution in [2.75, 3.05) is 0 Å². The Kier molecular flexibility index (Phi) is 6.22. The minimum absolute atomic E-state index is 0.811. The van der Waals surface area contributed by atoms with Crippen molar-refractivity contribution in [2.24, 2.45) is 0 Å². The maximum absolute atomic E-state index is 5.38. The fourth-order valence-electron chi connectivity index (χ4n) is 8.14. The van der Waals surface area contributed by atoms with Gasteiger partial charge in [0.05, 0.1) is 33.1 Å². The third-order valence-corrected chi connectivity index (χ3v) is 10.5. The summed E-state index contributed by atoms with van der Waals surface area (Å²) in [6, 6.07) is 64.8. The van der Waals surface area contributed by atoms with Gasteiger partial charge in [0.1, 0.15) is 5.69 Å². The molecule has 0 amide bonds. The highest BCUT2D eigenvalue weighted by molar-refractivity contribution is 6.21. The first-order chi connectivity index (χ1) is 25.8. The number of para-hydroxylation sites is 3. The summed E-state index contributed by atoms with van der Waals surface area (Å²) in [4.78, 5) is 10.6. The summed E-state index contributed by atoms with van der Waals surface area (Å²) in [6.45, 7) is 0. The highest BCUT2D eigenvalue weighted by Gasteiger charge is 2.21. The molecule has 0 saturated heterocycles. The van der Waals surface area contributed by atoms with Crippen LogP contribution in [0, 0.1) is 0 Å². The molecule has 11 rings (SSSR count). The van der Waals surface area contributed by atoms with Crippen LogP contribution in [0.1, 0.15) is 0 Å². The Morgan fingerprint density at radius 2 is 1.00 bits per heavy atom. The molecule has 0 radical (unpaired) electrons. The van der Waals surface area contributed by atoms with Crippen molar-refractivity contribution in [1.29, 1.82) is 0 Å². The van der Waals surface area contributed by atoms with E-state index in [0.29, 0.717) is 0 Å². The normalized spacial score (nSPS) is 11.8. The zero-order valence-electron chi connectivity index (χ0n) is 28.1. The van der Waals surface area contributed by atoms with Gasteiger partial charge < -0.3 is 4.57 Å². The average molecular weight is 663 g/mol. The monoisotopic (exact) mass is 662 g/mol. The second-order valence-corrected chi connectivity index (χ2v) is 13.4. The van der Waals surface area contributed by atoms with Crippen LogP contribution in [-0.2, 0) is 0 Å². The lowest BCUT2D eigenvalue weighted by Crippen LogP contribution is -2.04. The van der Waals surface area contributed by atoms with E-state index in [4.69, 9.17) is 9.97 Å². The number of nitrogens with zero attached hydrogens (tertiary/aromatic N) is 4. The smallest absolute Gasteiger partial charge is 0.165 e. The largest absolute Gasteiger partial charge is 0.309 e. The van der Waals surface area contributed by atoms with Gasteiger partial charge in [0.2, 0.25) is 0 Å². The van der Waals surface area contributed by atoms with E-state index in [1.165, 1.54) is 38.1 Å². The highest BCUT2D eigenvalue weighted by Crippen LogP contribution is 2.41. The Morgan fingerprint density at radius 1 is 0.346 bits per heavy atom. The van der Waals surface area contributed by atoms with Gasteiger partial charge in [-0.15, -0.1) is 0 Å². The van der Waals surface area contributed by atoms with E-state index in [0.717, 1.165) is 61.2 Å². The lowest BCUT2D eigenvalue weighted by molar-refractivity contribution is 1.08. The first-order valence-electron chi connectivity index (χ1n) is 17.7. The molecule has 0 spiro atoms. The molecule has 4 heteroatoms. The van der Waals surface area contributed by atoms with Crippen molar-refractivity contribution in [1.82, 2.24) is 19.1 Å². The molecule has 0 fully saturated rings. The molecule has 242 valence electrons. The number of benzene rings is 8. The fraction of sp³-hybridized carbons (Fsp3) is 0. The van der Waals surface area contributed by atoms with Crippen molar-refractivity contribution in [3.8, 4) is 33.9 Å². The van der Waals surface area contributed by atoms with E-state index in [1.807, 2.05) is 30.3 Å². The van der Waals surface area contributed by atoms with Crippen LogP contribution in [0.4, 0.5) is 0 Å². The third-order valence-electron chi connectivity index (χ3n) is 10.5. The molecule has 0 aliphatic carbocycles. The molecular formula is C48H30N4. The molecule has 3 heterocycles. The zero-order valence-corrected chi connectivity index (χ0v) is 28.1. The molecular weight excluding hydrogens is 633 g/mol. The molecule has 8 aromatic carbocycles. The molecule has 4 nitrogen and oxygen atoms in total. The SMILES string of the molecule is c1ccc(-c2ccc3c4cc(-n5c6ccccc6c6c7ccccc7ccc65)ccc4n(-c4nc5ccccc5nc4-c4ccccc4)c3c2)cc1. The zero-order chi connectivity index (χ0) is 34.2. The van der Waals surface area contributed by atoms with Gasteiger partial charge in [-0.3, -0.25) is 4.57 Å². The minimum atomic E-state index is 0.811. The highest BCUT2D eigenvalue weighted by atomic mass is 15.1. The van der Waals surface area contributed by atoms with Gasteiger partial charge in [-0.05, 0) is 70.4 Å². The Labute approximate surface area is 299 Å². The summed E-state index contributed by atoms with van der Waals surface area (Å²) in [7, 11) is 0. The Bertz CT molecular complexity index is 3170. The van der Waals surface area contributed by atoms with Gasteiger partial charge in [0.15, 0.2) is 5.82 Å². The number of rotatable bonds is 4. The lowest BCUT2D eigenvalue weighted by Gasteiger charge is -2.14. The minimum Gasteiger partial charge on any atom is -0.309 e. The topological polar surface area (TPSA) is 35.6 Å². The predicted octanol–water partition coefficient (Wildman–Crippen LogP) is 12.3. The van der Waals surface area contributed by atoms with E-state index in [9.17, 15) is 0 Å². The average Bonchev–Trinajstić information content (AvgIpc) is 3.73. The third kappa shape index (κ3) is 4.28. The first-order valence-corrected chi connectivity index (χ1v) is 17.7. The second kappa shape index (κ2) is 11.2. The summed E-state index contributed by atoms with van der Waals surface area (Å²) in [6.07, 6.45) is 0. The molecule has 0 atom stereocenters. The number of hydrogen-bond donors (Lipinski definition) is 0. The number of fused-ring (bicyclic) bond motifs is 9. The van der Waals surface area contributed by atoms with Crippen molar-refractivity contribution in [3.05, 3.63) is 182 Å². The van der Waals surface area contributed by atoms with Gasteiger partial charge in [-0.1, -0.05) is 133 Å². The van der Waals surface area contributed by atoms with Gasteiger partial charge in [-0.25, -0.2) is 9.97 Å². The van der Waals surface area contributed by atoms with Crippen LogP contribution in [-0.4, -0.2) is 19.1 Å². The second-order valence-electron chi connectivity index (χ2n) is 13.4. The molecule has 0 saturated carbocycles. The van der Waals surface area contributed by atoms with Crippen LogP contribution in [0.3, 0.4) is 0 Å². The maximum atomic E-state index is 5.38. The first kappa shape index (κ1) is 28.8. The predicted molar refractivity (Wildman–Crippen MR) is 217 cm³/mol.